The Bertz CT molecular complexity index is 260. The number of rotatable bonds is 2. The molecule has 2 fully saturated rings. The lowest BCUT2D eigenvalue weighted by atomic mass is 9.98. The number of amides is 1. The van der Waals surface area contributed by atoms with Gasteiger partial charge in [-0.3, -0.25) is 4.79 Å². The third-order valence-electron chi connectivity index (χ3n) is 3.23. The van der Waals surface area contributed by atoms with Gasteiger partial charge in [-0.15, -0.1) is 0 Å². The molecule has 0 aromatic heterocycles. The van der Waals surface area contributed by atoms with Gasteiger partial charge < -0.3 is 9.64 Å². The molecular formula is C11H17NO2. The Morgan fingerprint density at radius 1 is 1.64 bits per heavy atom. The predicted molar refractivity (Wildman–Crippen MR) is 53.9 cm³/mol. The zero-order valence-electron chi connectivity index (χ0n) is 8.66. The minimum Gasteiger partial charge on any atom is -0.371 e. The molecule has 0 radical (unpaired) electrons. The third-order valence-corrected chi connectivity index (χ3v) is 3.23. The molecule has 1 saturated heterocycles. The number of hydrogen-bond donors (Lipinski definition) is 0. The summed E-state index contributed by atoms with van der Waals surface area (Å²) in [7, 11) is 0. The van der Waals surface area contributed by atoms with E-state index in [2.05, 4.69) is 13.5 Å². The van der Waals surface area contributed by atoms with Gasteiger partial charge in [0.15, 0.2) is 0 Å². The highest BCUT2D eigenvalue weighted by Crippen LogP contribution is 2.43. The minimum atomic E-state index is -0.100. The molecule has 0 aromatic rings. The summed E-state index contributed by atoms with van der Waals surface area (Å²) in [6, 6.07) is 0. The third kappa shape index (κ3) is 1.69. The lowest BCUT2D eigenvalue weighted by molar-refractivity contribution is -0.146. The number of hydrogen-bond acceptors (Lipinski definition) is 2. The van der Waals surface area contributed by atoms with Crippen molar-refractivity contribution in [2.24, 2.45) is 5.92 Å². The van der Waals surface area contributed by atoms with Crippen molar-refractivity contribution in [3.8, 4) is 0 Å². The molecular weight excluding hydrogens is 178 g/mol. The van der Waals surface area contributed by atoms with Crippen LogP contribution in [0.3, 0.4) is 0 Å². The number of ether oxygens (including phenoxy) is 1. The van der Waals surface area contributed by atoms with Gasteiger partial charge in [0, 0.05) is 6.54 Å². The van der Waals surface area contributed by atoms with Crippen molar-refractivity contribution in [3.05, 3.63) is 12.7 Å². The fraction of sp³-hybridized carbons (Fsp3) is 0.727. The fourth-order valence-corrected chi connectivity index (χ4v) is 2.15. The van der Waals surface area contributed by atoms with Crippen LogP contribution in [0.15, 0.2) is 12.7 Å². The Kier molecular flexibility index (Phi) is 2.35. The van der Waals surface area contributed by atoms with Crippen LogP contribution >= 0.6 is 0 Å². The van der Waals surface area contributed by atoms with Gasteiger partial charge in [-0.05, 0) is 31.8 Å². The number of morpholine rings is 1. The maximum atomic E-state index is 11.4. The standard InChI is InChI=1S/C11H17NO2/c1-3-10(13)12-6-7-14-11(2,8-12)9-4-5-9/h3,9H,1,4-8H2,2H3. The van der Waals surface area contributed by atoms with Crippen LogP contribution in [0.2, 0.25) is 0 Å². The lowest BCUT2D eigenvalue weighted by Gasteiger charge is -2.40. The molecule has 1 atom stereocenters. The van der Waals surface area contributed by atoms with Gasteiger partial charge >= 0.3 is 0 Å². The summed E-state index contributed by atoms with van der Waals surface area (Å²) in [4.78, 5) is 13.3. The van der Waals surface area contributed by atoms with Gasteiger partial charge in [-0.25, -0.2) is 0 Å². The second-order valence-electron chi connectivity index (χ2n) is 4.40. The van der Waals surface area contributed by atoms with Gasteiger partial charge in [0.25, 0.3) is 0 Å². The predicted octanol–water partition coefficient (Wildman–Crippen LogP) is 1.20. The van der Waals surface area contributed by atoms with E-state index in [4.69, 9.17) is 4.74 Å². The molecule has 0 spiro atoms. The molecule has 1 saturated carbocycles. The summed E-state index contributed by atoms with van der Waals surface area (Å²) >= 11 is 0. The molecule has 1 aliphatic carbocycles. The molecule has 1 amide bonds. The first kappa shape index (κ1) is 9.71. The minimum absolute atomic E-state index is 0.0279. The second-order valence-corrected chi connectivity index (χ2v) is 4.40. The van der Waals surface area contributed by atoms with Crippen molar-refractivity contribution in [1.29, 1.82) is 0 Å². The monoisotopic (exact) mass is 195 g/mol. The van der Waals surface area contributed by atoms with Gasteiger partial charge in [0.2, 0.25) is 5.91 Å². The van der Waals surface area contributed by atoms with E-state index in [0.29, 0.717) is 19.1 Å². The van der Waals surface area contributed by atoms with Crippen LogP contribution in [0, 0.1) is 5.92 Å². The molecule has 1 aliphatic heterocycles. The molecule has 0 aromatic carbocycles. The number of carbonyl (C=O) groups excluding carboxylic acids is 1. The molecule has 3 heteroatoms. The van der Waals surface area contributed by atoms with E-state index >= 15 is 0 Å². The fourth-order valence-electron chi connectivity index (χ4n) is 2.15. The average molecular weight is 195 g/mol. The topological polar surface area (TPSA) is 29.5 Å². The van der Waals surface area contributed by atoms with Crippen LogP contribution in [0.4, 0.5) is 0 Å². The summed E-state index contributed by atoms with van der Waals surface area (Å²) in [6.45, 7) is 7.72. The number of nitrogens with zero attached hydrogens (tertiary/aromatic N) is 1. The van der Waals surface area contributed by atoms with Crippen molar-refractivity contribution in [2.45, 2.75) is 25.4 Å². The van der Waals surface area contributed by atoms with E-state index in [1.807, 2.05) is 4.90 Å². The molecule has 0 N–H and O–H groups in total. The highest BCUT2D eigenvalue weighted by Gasteiger charge is 2.45. The first-order valence-corrected chi connectivity index (χ1v) is 5.21. The van der Waals surface area contributed by atoms with Crippen LogP contribution < -0.4 is 0 Å². The Morgan fingerprint density at radius 2 is 2.36 bits per heavy atom. The van der Waals surface area contributed by atoms with Crippen molar-refractivity contribution >= 4 is 5.91 Å². The van der Waals surface area contributed by atoms with E-state index in [1.54, 1.807) is 0 Å². The van der Waals surface area contributed by atoms with Gasteiger partial charge in [0.05, 0.1) is 18.8 Å². The maximum absolute atomic E-state index is 11.4. The summed E-state index contributed by atoms with van der Waals surface area (Å²) in [5.74, 6) is 0.683. The zero-order valence-corrected chi connectivity index (χ0v) is 8.66. The highest BCUT2D eigenvalue weighted by molar-refractivity contribution is 5.87. The van der Waals surface area contributed by atoms with E-state index in [1.165, 1.54) is 18.9 Å². The van der Waals surface area contributed by atoms with E-state index in [-0.39, 0.29) is 11.5 Å². The molecule has 2 rings (SSSR count). The summed E-state index contributed by atoms with van der Waals surface area (Å²) < 4.78 is 5.79. The smallest absolute Gasteiger partial charge is 0.246 e. The Hall–Kier alpha value is -0.830. The molecule has 1 unspecified atom stereocenters. The van der Waals surface area contributed by atoms with Crippen LogP contribution in [0.1, 0.15) is 19.8 Å². The quantitative estimate of drug-likeness (QED) is 0.620. The molecule has 78 valence electrons. The van der Waals surface area contributed by atoms with Crippen molar-refractivity contribution in [2.75, 3.05) is 19.7 Å². The SMILES string of the molecule is C=CC(=O)N1CCOC(C)(C2CC2)C1. The normalized spacial score (nSPS) is 32.8. The lowest BCUT2D eigenvalue weighted by Crippen LogP contribution is -2.52. The van der Waals surface area contributed by atoms with Crippen LogP contribution in [-0.2, 0) is 9.53 Å². The molecule has 0 bridgehead atoms. The molecule has 14 heavy (non-hydrogen) atoms. The number of carbonyl (C=O) groups is 1. The molecule has 1 heterocycles. The first-order valence-electron chi connectivity index (χ1n) is 5.21. The zero-order chi connectivity index (χ0) is 10.2. The van der Waals surface area contributed by atoms with Gasteiger partial charge in [0.1, 0.15) is 0 Å². The summed E-state index contributed by atoms with van der Waals surface area (Å²) in [5, 5.41) is 0. The van der Waals surface area contributed by atoms with Crippen molar-refractivity contribution in [3.63, 3.8) is 0 Å². The van der Waals surface area contributed by atoms with Crippen LogP contribution in [-0.4, -0.2) is 36.1 Å². The molecule has 2 aliphatic rings. The Balaban J connectivity index is 2.02. The average Bonchev–Trinajstić information content (AvgIpc) is 3.00. The van der Waals surface area contributed by atoms with E-state index < -0.39 is 0 Å². The first-order chi connectivity index (χ1) is 6.65. The Morgan fingerprint density at radius 3 is 2.93 bits per heavy atom. The van der Waals surface area contributed by atoms with Crippen molar-refractivity contribution in [1.82, 2.24) is 4.90 Å². The highest BCUT2D eigenvalue weighted by atomic mass is 16.5. The van der Waals surface area contributed by atoms with Crippen LogP contribution in [0.5, 0.6) is 0 Å². The maximum Gasteiger partial charge on any atom is 0.246 e. The largest absolute Gasteiger partial charge is 0.371 e. The summed E-state index contributed by atoms with van der Waals surface area (Å²) in [5.41, 5.74) is -0.100. The van der Waals surface area contributed by atoms with Crippen molar-refractivity contribution < 1.29 is 9.53 Å². The van der Waals surface area contributed by atoms with Gasteiger partial charge in [-0.2, -0.15) is 0 Å². The Labute approximate surface area is 84.7 Å². The van der Waals surface area contributed by atoms with Gasteiger partial charge in [-0.1, -0.05) is 6.58 Å². The summed E-state index contributed by atoms with van der Waals surface area (Å²) in [6.07, 6.45) is 3.87. The second kappa shape index (κ2) is 3.39. The molecule has 3 nitrogen and oxygen atoms in total. The van der Waals surface area contributed by atoms with E-state index in [9.17, 15) is 4.79 Å². The van der Waals surface area contributed by atoms with E-state index in [0.717, 1.165) is 6.54 Å². The van der Waals surface area contributed by atoms with Crippen LogP contribution in [0.25, 0.3) is 0 Å².